The highest BCUT2D eigenvalue weighted by Gasteiger charge is 2.22. The molecule has 0 aromatic heterocycles. The lowest BCUT2D eigenvalue weighted by Gasteiger charge is -2.12. The minimum Gasteiger partial charge on any atom is -0.497 e. The first-order valence-electron chi connectivity index (χ1n) is 5.62. The number of fused-ring (bicyclic) bond motifs is 1. The monoisotopic (exact) mass is 219 g/mol. The van der Waals surface area contributed by atoms with E-state index in [1.165, 1.54) is 11.1 Å². The van der Waals surface area contributed by atoms with Crippen LogP contribution in [0.3, 0.4) is 0 Å². The summed E-state index contributed by atoms with van der Waals surface area (Å²) in [5.41, 5.74) is 2.71. The summed E-state index contributed by atoms with van der Waals surface area (Å²) in [5.74, 6) is 1.37. The Hall–Kier alpha value is -1.51. The van der Waals surface area contributed by atoms with Crippen LogP contribution >= 0.6 is 0 Å². The van der Waals surface area contributed by atoms with Gasteiger partial charge in [-0.25, -0.2) is 0 Å². The molecular formula is C13H17NO2. The summed E-state index contributed by atoms with van der Waals surface area (Å²) in [6.07, 6.45) is 2.21. The number of carbonyl (C=O) groups excluding carboxylic acids is 1. The smallest absolute Gasteiger partial charge is 0.216 e. The quantitative estimate of drug-likeness (QED) is 0.842. The van der Waals surface area contributed by atoms with E-state index in [1.807, 2.05) is 6.07 Å². The van der Waals surface area contributed by atoms with Crippen LogP contribution in [-0.4, -0.2) is 19.6 Å². The lowest BCUT2D eigenvalue weighted by atomic mass is 10.0. The number of ether oxygens (including phenoxy) is 1. The molecule has 1 amide bonds. The molecule has 16 heavy (non-hydrogen) atoms. The molecule has 0 saturated carbocycles. The highest BCUT2D eigenvalue weighted by atomic mass is 16.5. The number of benzene rings is 1. The second-order valence-electron chi connectivity index (χ2n) is 4.24. The largest absolute Gasteiger partial charge is 0.497 e. The number of aryl methyl sites for hydroxylation is 1. The van der Waals surface area contributed by atoms with Crippen molar-refractivity contribution in [2.75, 3.05) is 13.7 Å². The van der Waals surface area contributed by atoms with Crippen molar-refractivity contribution in [1.29, 1.82) is 0 Å². The van der Waals surface area contributed by atoms with Gasteiger partial charge in [-0.05, 0) is 36.1 Å². The fraction of sp³-hybridized carbons (Fsp3) is 0.462. The Bertz CT molecular complexity index is 401. The summed E-state index contributed by atoms with van der Waals surface area (Å²) < 4.78 is 5.23. The van der Waals surface area contributed by atoms with Gasteiger partial charge in [-0.2, -0.15) is 0 Å². The molecular weight excluding hydrogens is 202 g/mol. The summed E-state index contributed by atoms with van der Waals surface area (Å²) in [5, 5.41) is 2.89. The van der Waals surface area contributed by atoms with E-state index in [1.54, 1.807) is 14.0 Å². The van der Waals surface area contributed by atoms with E-state index in [0.29, 0.717) is 5.92 Å². The van der Waals surface area contributed by atoms with Gasteiger partial charge in [-0.1, -0.05) is 6.07 Å². The van der Waals surface area contributed by atoms with Crippen molar-refractivity contribution in [3.05, 3.63) is 29.3 Å². The van der Waals surface area contributed by atoms with Crippen molar-refractivity contribution in [2.45, 2.75) is 25.7 Å². The molecule has 0 radical (unpaired) electrons. The zero-order valence-corrected chi connectivity index (χ0v) is 9.75. The van der Waals surface area contributed by atoms with Gasteiger partial charge in [0.25, 0.3) is 0 Å². The lowest BCUT2D eigenvalue weighted by molar-refractivity contribution is -0.119. The summed E-state index contributed by atoms with van der Waals surface area (Å²) in [6.45, 7) is 2.29. The fourth-order valence-electron chi connectivity index (χ4n) is 2.27. The Morgan fingerprint density at radius 3 is 3.06 bits per heavy atom. The summed E-state index contributed by atoms with van der Waals surface area (Å²) in [7, 11) is 1.68. The minimum atomic E-state index is 0.0383. The van der Waals surface area contributed by atoms with E-state index in [-0.39, 0.29) is 5.91 Å². The van der Waals surface area contributed by atoms with Crippen molar-refractivity contribution >= 4 is 5.91 Å². The topological polar surface area (TPSA) is 38.3 Å². The van der Waals surface area contributed by atoms with Gasteiger partial charge in [-0.3, -0.25) is 4.79 Å². The van der Waals surface area contributed by atoms with Crippen molar-refractivity contribution in [3.8, 4) is 5.75 Å². The van der Waals surface area contributed by atoms with Gasteiger partial charge < -0.3 is 10.1 Å². The SMILES string of the molecule is COc1ccc2c(c1)[C@H](CNC(C)=O)CC2. The summed E-state index contributed by atoms with van der Waals surface area (Å²) >= 11 is 0. The van der Waals surface area contributed by atoms with E-state index in [0.717, 1.165) is 25.1 Å². The molecule has 0 bridgehead atoms. The molecule has 1 aromatic rings. The summed E-state index contributed by atoms with van der Waals surface area (Å²) in [4.78, 5) is 10.9. The third-order valence-electron chi connectivity index (χ3n) is 3.15. The molecule has 86 valence electrons. The fourth-order valence-corrected chi connectivity index (χ4v) is 2.27. The Balaban J connectivity index is 2.14. The van der Waals surface area contributed by atoms with E-state index in [2.05, 4.69) is 17.4 Å². The van der Waals surface area contributed by atoms with Gasteiger partial charge >= 0.3 is 0 Å². The Kier molecular flexibility index (Phi) is 3.13. The van der Waals surface area contributed by atoms with Crippen LogP contribution in [0.4, 0.5) is 0 Å². The number of amides is 1. The van der Waals surface area contributed by atoms with Gasteiger partial charge in [0.2, 0.25) is 5.91 Å². The van der Waals surface area contributed by atoms with Crippen molar-refractivity contribution in [3.63, 3.8) is 0 Å². The zero-order chi connectivity index (χ0) is 11.5. The maximum Gasteiger partial charge on any atom is 0.216 e. The molecule has 0 aliphatic heterocycles. The number of nitrogens with one attached hydrogen (secondary N) is 1. The van der Waals surface area contributed by atoms with E-state index in [4.69, 9.17) is 4.74 Å². The van der Waals surface area contributed by atoms with Crippen LogP contribution in [0.5, 0.6) is 5.75 Å². The minimum absolute atomic E-state index is 0.0383. The van der Waals surface area contributed by atoms with Gasteiger partial charge in [-0.15, -0.1) is 0 Å². The number of hydrogen-bond acceptors (Lipinski definition) is 2. The normalized spacial score (nSPS) is 18.0. The average molecular weight is 219 g/mol. The molecule has 1 aromatic carbocycles. The molecule has 0 heterocycles. The highest BCUT2D eigenvalue weighted by Crippen LogP contribution is 2.34. The number of carbonyl (C=O) groups is 1. The van der Waals surface area contributed by atoms with Gasteiger partial charge in [0.15, 0.2) is 0 Å². The summed E-state index contributed by atoms with van der Waals surface area (Å²) in [6, 6.07) is 6.22. The van der Waals surface area contributed by atoms with E-state index in [9.17, 15) is 4.79 Å². The second-order valence-corrected chi connectivity index (χ2v) is 4.24. The molecule has 3 nitrogen and oxygen atoms in total. The molecule has 1 aliphatic carbocycles. The maximum atomic E-state index is 10.9. The second kappa shape index (κ2) is 4.56. The number of hydrogen-bond donors (Lipinski definition) is 1. The zero-order valence-electron chi connectivity index (χ0n) is 9.75. The lowest BCUT2D eigenvalue weighted by Crippen LogP contribution is -2.24. The van der Waals surface area contributed by atoms with Crippen LogP contribution in [0.2, 0.25) is 0 Å². The molecule has 0 unspecified atom stereocenters. The van der Waals surface area contributed by atoms with Crippen molar-refractivity contribution in [2.24, 2.45) is 0 Å². The van der Waals surface area contributed by atoms with Gasteiger partial charge in [0.05, 0.1) is 7.11 Å². The average Bonchev–Trinajstić information content (AvgIpc) is 2.68. The van der Waals surface area contributed by atoms with Crippen LogP contribution in [0.15, 0.2) is 18.2 Å². The Morgan fingerprint density at radius 1 is 1.56 bits per heavy atom. The van der Waals surface area contributed by atoms with Crippen LogP contribution < -0.4 is 10.1 Å². The van der Waals surface area contributed by atoms with E-state index >= 15 is 0 Å². The van der Waals surface area contributed by atoms with Gasteiger partial charge in [0.1, 0.15) is 5.75 Å². The Morgan fingerprint density at radius 2 is 2.38 bits per heavy atom. The van der Waals surface area contributed by atoms with Crippen LogP contribution in [0, 0.1) is 0 Å². The van der Waals surface area contributed by atoms with Crippen LogP contribution in [0.1, 0.15) is 30.4 Å². The third kappa shape index (κ3) is 2.18. The first-order valence-corrected chi connectivity index (χ1v) is 5.62. The molecule has 1 N–H and O–H groups in total. The highest BCUT2D eigenvalue weighted by molar-refractivity contribution is 5.72. The Labute approximate surface area is 95.8 Å². The predicted octanol–water partition coefficient (Wildman–Crippen LogP) is 1.86. The van der Waals surface area contributed by atoms with Crippen LogP contribution in [-0.2, 0) is 11.2 Å². The van der Waals surface area contributed by atoms with Crippen molar-refractivity contribution in [1.82, 2.24) is 5.32 Å². The molecule has 3 heteroatoms. The maximum absolute atomic E-state index is 10.9. The number of methoxy groups -OCH3 is 1. The standard InChI is InChI=1S/C13H17NO2/c1-9(15)14-8-11-4-3-10-5-6-12(16-2)7-13(10)11/h5-7,11H,3-4,8H2,1-2H3,(H,14,15)/t11-/m0/s1. The van der Waals surface area contributed by atoms with Crippen molar-refractivity contribution < 1.29 is 9.53 Å². The molecule has 0 saturated heterocycles. The molecule has 0 fully saturated rings. The first-order chi connectivity index (χ1) is 7.70. The third-order valence-corrected chi connectivity index (χ3v) is 3.15. The van der Waals surface area contributed by atoms with E-state index < -0.39 is 0 Å². The number of rotatable bonds is 3. The first kappa shape index (κ1) is 11.0. The molecule has 1 atom stereocenters. The molecule has 2 rings (SSSR count). The molecule has 1 aliphatic rings. The van der Waals surface area contributed by atoms with Gasteiger partial charge in [0, 0.05) is 19.4 Å². The van der Waals surface area contributed by atoms with Crippen LogP contribution in [0.25, 0.3) is 0 Å². The predicted molar refractivity (Wildman–Crippen MR) is 62.7 cm³/mol. The molecule has 0 spiro atoms.